The van der Waals surface area contributed by atoms with Gasteiger partial charge in [-0.2, -0.15) is 0 Å². The number of nitrogens with zero attached hydrogens (tertiary/aromatic N) is 2. The number of carbonyl (C=O) groups is 3. The van der Waals surface area contributed by atoms with Gasteiger partial charge in [0, 0.05) is 6.54 Å². The molecule has 2 aromatic rings. The van der Waals surface area contributed by atoms with Crippen LogP contribution in [0.2, 0.25) is 0 Å². The molecule has 2 amide bonds. The number of imidazole rings is 1. The van der Waals surface area contributed by atoms with Crippen LogP contribution in [0.4, 0.5) is 0 Å². The first kappa shape index (κ1) is 26.1. The van der Waals surface area contributed by atoms with Crippen LogP contribution in [0.5, 0.6) is 0 Å². The van der Waals surface area contributed by atoms with Gasteiger partial charge in [0.15, 0.2) is 0 Å². The smallest absolute Gasteiger partial charge is 0.399 e. The molecule has 0 unspecified atom stereocenters. The van der Waals surface area contributed by atoms with Crippen LogP contribution >= 0.6 is 0 Å². The molecule has 36 heavy (non-hydrogen) atoms. The molecule has 2 atom stereocenters. The topological polar surface area (TPSA) is 114 Å². The van der Waals surface area contributed by atoms with Crippen molar-refractivity contribution in [2.45, 2.75) is 77.7 Å². The number of likely N-dealkylation sites (tertiary alicyclic amines) is 1. The molecule has 2 aliphatic heterocycles. The molecule has 192 valence electrons. The first-order chi connectivity index (χ1) is 16.9. The predicted octanol–water partition coefficient (Wildman–Crippen LogP) is 2.38. The Hall–Kier alpha value is -2.98. The fourth-order valence-corrected chi connectivity index (χ4v) is 4.65. The number of amides is 2. The summed E-state index contributed by atoms with van der Waals surface area (Å²) in [4.78, 5) is 45.5. The summed E-state index contributed by atoms with van der Waals surface area (Å²) >= 11 is 0. The van der Waals surface area contributed by atoms with Crippen molar-refractivity contribution >= 4 is 30.7 Å². The number of aldehydes is 1. The highest BCUT2D eigenvalue weighted by Crippen LogP contribution is 2.37. The van der Waals surface area contributed by atoms with Crippen LogP contribution in [0.3, 0.4) is 0 Å². The Balaban J connectivity index is 1.49. The molecule has 4 rings (SSSR count). The molecule has 0 aliphatic carbocycles. The van der Waals surface area contributed by atoms with E-state index in [0.29, 0.717) is 12.4 Å². The third-order valence-corrected chi connectivity index (χ3v) is 7.53. The molecule has 2 fully saturated rings. The van der Waals surface area contributed by atoms with Gasteiger partial charge in [-0.05, 0) is 57.5 Å². The van der Waals surface area contributed by atoms with E-state index >= 15 is 0 Å². The maximum absolute atomic E-state index is 13.3. The molecule has 1 aromatic carbocycles. The number of carbonyl (C=O) groups excluding carboxylic acids is 3. The SMILES string of the molecule is CC(C)[C@H](NC(=O)C=O)C(=O)N1CCC[C@H]1c1ncc(-c2ccc(B3OC(C)(C)C(C)(C)O3)cc2)[nH]1. The maximum Gasteiger partial charge on any atom is 0.494 e. The van der Waals surface area contributed by atoms with Crippen LogP contribution in [0.1, 0.15) is 66.3 Å². The Morgan fingerprint density at radius 3 is 2.39 bits per heavy atom. The Labute approximate surface area is 212 Å². The monoisotopic (exact) mass is 494 g/mol. The second kappa shape index (κ2) is 9.82. The van der Waals surface area contributed by atoms with Crippen molar-refractivity contribution in [3.8, 4) is 11.3 Å². The number of nitrogens with one attached hydrogen (secondary N) is 2. The van der Waals surface area contributed by atoms with Crippen LogP contribution in [-0.2, 0) is 23.7 Å². The van der Waals surface area contributed by atoms with E-state index in [9.17, 15) is 14.4 Å². The molecule has 0 radical (unpaired) electrons. The van der Waals surface area contributed by atoms with Crippen LogP contribution in [0.15, 0.2) is 30.5 Å². The van der Waals surface area contributed by atoms with E-state index in [-0.39, 0.29) is 24.2 Å². The van der Waals surface area contributed by atoms with Crippen molar-refractivity contribution in [2.24, 2.45) is 5.92 Å². The summed E-state index contributed by atoms with van der Waals surface area (Å²) in [5.41, 5.74) is 1.96. The summed E-state index contributed by atoms with van der Waals surface area (Å²) in [5.74, 6) is -0.443. The van der Waals surface area contributed by atoms with Gasteiger partial charge in [0.2, 0.25) is 12.2 Å². The van der Waals surface area contributed by atoms with Gasteiger partial charge >= 0.3 is 7.12 Å². The minimum atomic E-state index is -0.790. The summed E-state index contributed by atoms with van der Waals surface area (Å²) in [7, 11) is -0.423. The third kappa shape index (κ3) is 4.97. The highest BCUT2D eigenvalue weighted by atomic mass is 16.7. The van der Waals surface area contributed by atoms with E-state index < -0.39 is 30.3 Å². The van der Waals surface area contributed by atoms with Crippen molar-refractivity contribution < 1.29 is 23.7 Å². The summed E-state index contributed by atoms with van der Waals surface area (Å²) in [6.07, 6.45) is 3.57. The first-order valence-electron chi connectivity index (χ1n) is 12.5. The van der Waals surface area contributed by atoms with Crippen LogP contribution in [0.25, 0.3) is 11.3 Å². The summed E-state index contributed by atoms with van der Waals surface area (Å²) < 4.78 is 12.3. The normalized spacial score (nSPS) is 21.6. The van der Waals surface area contributed by atoms with E-state index in [1.807, 2.05) is 65.8 Å². The van der Waals surface area contributed by atoms with Gasteiger partial charge in [-0.3, -0.25) is 14.4 Å². The number of hydrogen-bond donors (Lipinski definition) is 2. The minimum absolute atomic E-state index is 0.155. The third-order valence-electron chi connectivity index (χ3n) is 7.53. The van der Waals surface area contributed by atoms with Crippen molar-refractivity contribution in [1.82, 2.24) is 20.2 Å². The molecule has 2 saturated heterocycles. The summed E-state index contributed by atoms with van der Waals surface area (Å²) in [5, 5.41) is 2.53. The summed E-state index contributed by atoms with van der Waals surface area (Å²) in [6, 6.07) is 7.00. The Kier molecular flexibility index (Phi) is 7.12. The van der Waals surface area contributed by atoms with Gasteiger partial charge < -0.3 is 24.5 Å². The maximum atomic E-state index is 13.3. The van der Waals surface area contributed by atoms with Gasteiger partial charge in [0.1, 0.15) is 11.9 Å². The largest absolute Gasteiger partial charge is 0.494 e. The molecular formula is C26H35BN4O5. The molecule has 0 saturated carbocycles. The zero-order valence-corrected chi connectivity index (χ0v) is 21.8. The lowest BCUT2D eigenvalue weighted by atomic mass is 9.79. The van der Waals surface area contributed by atoms with E-state index in [1.54, 1.807) is 11.1 Å². The number of aromatic amines is 1. The molecule has 1 aromatic heterocycles. The lowest BCUT2D eigenvalue weighted by molar-refractivity contribution is -0.140. The molecule has 0 spiro atoms. The molecule has 9 nitrogen and oxygen atoms in total. The first-order valence-corrected chi connectivity index (χ1v) is 12.5. The second-order valence-corrected chi connectivity index (χ2v) is 10.9. The Morgan fingerprint density at radius 1 is 1.17 bits per heavy atom. The minimum Gasteiger partial charge on any atom is -0.399 e. The summed E-state index contributed by atoms with van der Waals surface area (Å²) in [6.45, 7) is 12.4. The van der Waals surface area contributed by atoms with Crippen molar-refractivity contribution in [2.75, 3.05) is 6.54 Å². The van der Waals surface area contributed by atoms with Gasteiger partial charge in [-0.25, -0.2) is 4.98 Å². The van der Waals surface area contributed by atoms with E-state index in [2.05, 4.69) is 15.3 Å². The highest BCUT2D eigenvalue weighted by molar-refractivity contribution is 6.62. The number of benzene rings is 1. The second-order valence-electron chi connectivity index (χ2n) is 10.9. The van der Waals surface area contributed by atoms with E-state index in [1.165, 1.54) is 0 Å². The number of H-pyrrole nitrogens is 1. The average molecular weight is 494 g/mol. The predicted molar refractivity (Wildman–Crippen MR) is 136 cm³/mol. The standard InChI is InChI=1S/C26H35BN4O5/c1-16(2)22(30-21(33)15-32)24(34)31-13-7-8-20(31)23-28-14-19(29-23)17-9-11-18(12-10-17)27-35-25(3,4)26(5,6)36-27/h9-12,14-16,20,22H,7-8,13H2,1-6H3,(H,28,29)(H,30,33)/t20-,22-/m0/s1. The number of rotatable bonds is 7. The molecule has 10 heteroatoms. The van der Waals surface area contributed by atoms with Crippen molar-refractivity contribution in [3.05, 3.63) is 36.3 Å². The average Bonchev–Trinajstić information content (AvgIpc) is 3.54. The number of hydrogen-bond acceptors (Lipinski definition) is 6. The van der Waals surface area contributed by atoms with Crippen LogP contribution in [-0.4, -0.2) is 63.9 Å². The van der Waals surface area contributed by atoms with E-state index in [0.717, 1.165) is 29.6 Å². The fraction of sp³-hybridized carbons (Fsp3) is 0.538. The molecule has 3 heterocycles. The van der Waals surface area contributed by atoms with Gasteiger partial charge in [-0.1, -0.05) is 38.1 Å². The van der Waals surface area contributed by atoms with Crippen molar-refractivity contribution in [3.63, 3.8) is 0 Å². The highest BCUT2D eigenvalue weighted by Gasteiger charge is 2.51. The lowest BCUT2D eigenvalue weighted by Crippen LogP contribution is -2.51. The van der Waals surface area contributed by atoms with Gasteiger partial charge in [0.05, 0.1) is 29.1 Å². The quantitative estimate of drug-likeness (QED) is 0.347. The fourth-order valence-electron chi connectivity index (χ4n) is 4.65. The van der Waals surface area contributed by atoms with Crippen LogP contribution in [0, 0.1) is 5.92 Å². The Morgan fingerprint density at radius 2 is 1.81 bits per heavy atom. The zero-order valence-electron chi connectivity index (χ0n) is 21.8. The molecule has 2 N–H and O–H groups in total. The molecule has 2 aliphatic rings. The molecular weight excluding hydrogens is 459 g/mol. The lowest BCUT2D eigenvalue weighted by Gasteiger charge is -2.32. The number of aromatic nitrogens is 2. The zero-order chi connectivity index (χ0) is 26.3. The Bertz CT molecular complexity index is 1110. The van der Waals surface area contributed by atoms with E-state index in [4.69, 9.17) is 9.31 Å². The molecule has 0 bridgehead atoms. The van der Waals surface area contributed by atoms with Crippen LogP contribution < -0.4 is 10.8 Å². The van der Waals surface area contributed by atoms with Gasteiger partial charge in [-0.15, -0.1) is 0 Å². The van der Waals surface area contributed by atoms with Gasteiger partial charge in [0.25, 0.3) is 5.91 Å². The van der Waals surface area contributed by atoms with Crippen molar-refractivity contribution in [1.29, 1.82) is 0 Å².